The van der Waals surface area contributed by atoms with Crippen molar-refractivity contribution in [2.24, 2.45) is 0 Å². The highest BCUT2D eigenvalue weighted by Gasteiger charge is 2.42. The van der Waals surface area contributed by atoms with Crippen molar-refractivity contribution in [2.75, 3.05) is 19.1 Å². The fourth-order valence-electron chi connectivity index (χ4n) is 3.14. The Labute approximate surface area is 147 Å². The number of anilines is 1. The second kappa shape index (κ2) is 6.24. The van der Waals surface area contributed by atoms with E-state index in [0.29, 0.717) is 12.1 Å². The molecule has 1 N–H and O–H groups in total. The molecule has 0 bridgehead atoms. The standard InChI is InChI=1S/C20H22N2O3/c1-20(2)16-11-14(7-10-17(16)22(3)19(20)24)18(23)21-12-13-5-8-15(25-4)9-6-13/h5-11H,12H2,1-4H3,(H,21,23). The summed E-state index contributed by atoms with van der Waals surface area (Å²) in [5, 5.41) is 2.92. The number of fused-ring (bicyclic) bond motifs is 1. The summed E-state index contributed by atoms with van der Waals surface area (Å²) in [5.41, 5.74) is 2.68. The molecule has 0 radical (unpaired) electrons. The van der Waals surface area contributed by atoms with Crippen LogP contribution in [-0.2, 0) is 16.8 Å². The summed E-state index contributed by atoms with van der Waals surface area (Å²) in [6.45, 7) is 4.20. The summed E-state index contributed by atoms with van der Waals surface area (Å²) >= 11 is 0. The van der Waals surface area contributed by atoms with Gasteiger partial charge in [0.2, 0.25) is 5.91 Å². The summed E-state index contributed by atoms with van der Waals surface area (Å²) < 4.78 is 5.12. The van der Waals surface area contributed by atoms with Crippen LogP contribution >= 0.6 is 0 Å². The number of carbonyl (C=O) groups is 2. The Balaban J connectivity index is 1.75. The van der Waals surface area contributed by atoms with E-state index in [2.05, 4.69) is 5.32 Å². The number of methoxy groups -OCH3 is 1. The number of ether oxygens (including phenoxy) is 1. The van der Waals surface area contributed by atoms with Gasteiger partial charge in [-0.25, -0.2) is 0 Å². The molecule has 0 saturated carbocycles. The Morgan fingerprint density at radius 1 is 1.16 bits per heavy atom. The van der Waals surface area contributed by atoms with Gasteiger partial charge in [0.1, 0.15) is 5.75 Å². The van der Waals surface area contributed by atoms with Gasteiger partial charge in [-0.1, -0.05) is 12.1 Å². The largest absolute Gasteiger partial charge is 0.497 e. The number of rotatable bonds is 4. The smallest absolute Gasteiger partial charge is 0.251 e. The van der Waals surface area contributed by atoms with Crippen molar-refractivity contribution in [1.82, 2.24) is 5.32 Å². The van der Waals surface area contributed by atoms with Gasteiger partial charge in [-0.2, -0.15) is 0 Å². The van der Waals surface area contributed by atoms with Crippen LogP contribution in [0.3, 0.4) is 0 Å². The van der Waals surface area contributed by atoms with Gasteiger partial charge in [-0.05, 0) is 55.3 Å². The highest BCUT2D eigenvalue weighted by molar-refractivity contribution is 6.08. The summed E-state index contributed by atoms with van der Waals surface area (Å²) in [4.78, 5) is 26.5. The average molecular weight is 338 g/mol. The number of carbonyl (C=O) groups excluding carboxylic acids is 2. The topological polar surface area (TPSA) is 58.6 Å². The van der Waals surface area contributed by atoms with Crippen LogP contribution in [0.4, 0.5) is 5.69 Å². The summed E-state index contributed by atoms with van der Waals surface area (Å²) in [6, 6.07) is 13.0. The zero-order valence-corrected chi connectivity index (χ0v) is 14.9. The van der Waals surface area contributed by atoms with E-state index in [4.69, 9.17) is 4.74 Å². The fourth-order valence-corrected chi connectivity index (χ4v) is 3.14. The Bertz CT molecular complexity index is 825. The molecule has 0 spiro atoms. The maximum absolute atomic E-state index is 12.5. The molecular formula is C20H22N2O3. The average Bonchev–Trinajstić information content (AvgIpc) is 2.80. The maximum Gasteiger partial charge on any atom is 0.251 e. The van der Waals surface area contributed by atoms with E-state index < -0.39 is 5.41 Å². The van der Waals surface area contributed by atoms with Crippen molar-refractivity contribution < 1.29 is 14.3 Å². The molecule has 1 heterocycles. The molecular weight excluding hydrogens is 316 g/mol. The van der Waals surface area contributed by atoms with E-state index in [-0.39, 0.29) is 11.8 Å². The lowest BCUT2D eigenvalue weighted by atomic mass is 9.85. The van der Waals surface area contributed by atoms with Crippen molar-refractivity contribution >= 4 is 17.5 Å². The third-order valence-corrected chi connectivity index (χ3v) is 4.74. The van der Waals surface area contributed by atoms with Gasteiger partial charge in [0.05, 0.1) is 12.5 Å². The van der Waals surface area contributed by atoms with E-state index in [1.807, 2.05) is 50.2 Å². The molecule has 0 aromatic heterocycles. The molecule has 2 amide bonds. The lowest BCUT2D eigenvalue weighted by Gasteiger charge is -2.16. The molecule has 0 saturated heterocycles. The van der Waals surface area contributed by atoms with Gasteiger partial charge in [-0.15, -0.1) is 0 Å². The van der Waals surface area contributed by atoms with Crippen LogP contribution in [0.1, 0.15) is 35.3 Å². The van der Waals surface area contributed by atoms with Crippen molar-refractivity contribution in [3.63, 3.8) is 0 Å². The van der Waals surface area contributed by atoms with Crippen LogP contribution in [-0.4, -0.2) is 26.0 Å². The second-order valence-electron chi connectivity index (χ2n) is 6.75. The van der Waals surface area contributed by atoms with E-state index in [0.717, 1.165) is 22.6 Å². The lowest BCUT2D eigenvalue weighted by Crippen LogP contribution is -2.33. The molecule has 130 valence electrons. The highest BCUT2D eigenvalue weighted by atomic mass is 16.5. The minimum atomic E-state index is -0.615. The van der Waals surface area contributed by atoms with Crippen LogP contribution in [0.5, 0.6) is 5.75 Å². The molecule has 1 aliphatic heterocycles. The van der Waals surface area contributed by atoms with E-state index in [1.54, 1.807) is 25.1 Å². The van der Waals surface area contributed by atoms with Gasteiger partial charge in [0.25, 0.3) is 5.91 Å². The quantitative estimate of drug-likeness (QED) is 0.932. The predicted octanol–water partition coefficient (Wildman–Crippen LogP) is 2.88. The molecule has 0 atom stereocenters. The van der Waals surface area contributed by atoms with E-state index >= 15 is 0 Å². The minimum absolute atomic E-state index is 0.0401. The Hall–Kier alpha value is -2.82. The van der Waals surface area contributed by atoms with Crippen molar-refractivity contribution in [1.29, 1.82) is 0 Å². The zero-order valence-electron chi connectivity index (χ0n) is 14.9. The second-order valence-corrected chi connectivity index (χ2v) is 6.75. The molecule has 5 heteroatoms. The molecule has 0 aliphatic carbocycles. The van der Waals surface area contributed by atoms with Crippen molar-refractivity contribution in [3.05, 3.63) is 59.2 Å². The van der Waals surface area contributed by atoms with E-state index in [1.165, 1.54) is 0 Å². The van der Waals surface area contributed by atoms with Gasteiger partial charge in [-0.3, -0.25) is 9.59 Å². The van der Waals surface area contributed by atoms with Gasteiger partial charge in [0, 0.05) is 24.8 Å². The van der Waals surface area contributed by atoms with Gasteiger partial charge >= 0.3 is 0 Å². The van der Waals surface area contributed by atoms with Crippen LogP contribution in [0.15, 0.2) is 42.5 Å². The number of amides is 2. The first-order valence-electron chi connectivity index (χ1n) is 8.18. The van der Waals surface area contributed by atoms with Gasteiger partial charge < -0.3 is 15.0 Å². The van der Waals surface area contributed by atoms with Gasteiger partial charge in [0.15, 0.2) is 0 Å². The third-order valence-electron chi connectivity index (χ3n) is 4.74. The molecule has 0 fully saturated rings. The monoisotopic (exact) mass is 338 g/mol. The summed E-state index contributed by atoms with van der Waals surface area (Å²) in [6.07, 6.45) is 0. The Morgan fingerprint density at radius 3 is 2.48 bits per heavy atom. The molecule has 2 aromatic carbocycles. The van der Waals surface area contributed by atoms with Crippen LogP contribution in [0.25, 0.3) is 0 Å². The fraction of sp³-hybridized carbons (Fsp3) is 0.300. The highest BCUT2D eigenvalue weighted by Crippen LogP contribution is 2.41. The predicted molar refractivity (Wildman–Crippen MR) is 97.0 cm³/mol. The van der Waals surface area contributed by atoms with Crippen LogP contribution in [0, 0.1) is 0 Å². The zero-order chi connectivity index (χ0) is 18.2. The minimum Gasteiger partial charge on any atom is -0.497 e. The molecule has 0 unspecified atom stereocenters. The summed E-state index contributed by atoms with van der Waals surface area (Å²) in [5.74, 6) is 0.666. The number of benzene rings is 2. The first kappa shape index (κ1) is 17.0. The van der Waals surface area contributed by atoms with Crippen LogP contribution in [0.2, 0.25) is 0 Å². The Kier molecular flexibility index (Phi) is 4.25. The maximum atomic E-state index is 12.5. The lowest BCUT2D eigenvalue weighted by molar-refractivity contribution is -0.121. The normalized spacial score (nSPS) is 15.0. The Morgan fingerprint density at radius 2 is 1.84 bits per heavy atom. The molecule has 2 aromatic rings. The van der Waals surface area contributed by atoms with E-state index in [9.17, 15) is 9.59 Å². The number of hydrogen-bond acceptors (Lipinski definition) is 3. The molecule has 1 aliphatic rings. The third kappa shape index (κ3) is 2.97. The molecule has 25 heavy (non-hydrogen) atoms. The number of hydrogen-bond donors (Lipinski definition) is 1. The first-order chi connectivity index (χ1) is 11.8. The first-order valence-corrected chi connectivity index (χ1v) is 8.18. The number of nitrogens with one attached hydrogen (secondary N) is 1. The molecule has 5 nitrogen and oxygen atoms in total. The summed E-state index contributed by atoms with van der Waals surface area (Å²) in [7, 11) is 3.38. The number of likely N-dealkylation sites (N-methyl/N-ethyl adjacent to an activating group) is 1. The molecule has 3 rings (SSSR count). The van der Waals surface area contributed by atoms with Crippen LogP contribution < -0.4 is 15.0 Å². The van der Waals surface area contributed by atoms with Crippen molar-refractivity contribution in [3.8, 4) is 5.75 Å². The van der Waals surface area contributed by atoms with Crippen molar-refractivity contribution in [2.45, 2.75) is 25.8 Å². The SMILES string of the molecule is COc1ccc(CNC(=O)c2ccc3c(c2)C(C)(C)C(=O)N3C)cc1. The number of nitrogens with zero attached hydrogens (tertiary/aromatic N) is 1.